The highest BCUT2D eigenvalue weighted by Gasteiger charge is 2.14. The maximum absolute atomic E-state index is 13.0. The van der Waals surface area contributed by atoms with Gasteiger partial charge in [0.1, 0.15) is 5.82 Å². The first-order chi connectivity index (χ1) is 6.60. The lowest BCUT2D eigenvalue weighted by atomic mass is 10.1. The predicted octanol–water partition coefficient (Wildman–Crippen LogP) is 1.07. The van der Waals surface area contributed by atoms with Crippen molar-refractivity contribution < 1.29 is 13.9 Å². The molecule has 5 heteroatoms. The summed E-state index contributed by atoms with van der Waals surface area (Å²) >= 11 is 0. The summed E-state index contributed by atoms with van der Waals surface area (Å²) in [5.41, 5.74) is 4.88. The number of carbonyl (C=O) groups is 1. The summed E-state index contributed by atoms with van der Waals surface area (Å²) in [7, 11) is 1.15. The highest BCUT2D eigenvalue weighted by molar-refractivity contribution is 5.95. The molecule has 0 aliphatic carbocycles. The Morgan fingerprint density at radius 1 is 1.64 bits per heavy atom. The van der Waals surface area contributed by atoms with Gasteiger partial charge in [-0.05, 0) is 12.1 Å². The molecule has 0 amide bonds. The van der Waals surface area contributed by atoms with Crippen LogP contribution in [0.15, 0.2) is 12.1 Å². The number of halogens is 1. The SMILES string of the molecule is COC(=O)c1cc(C#N)cc(F)c1N. The van der Waals surface area contributed by atoms with E-state index in [0.717, 1.165) is 13.2 Å². The second-order valence-corrected chi connectivity index (χ2v) is 2.52. The summed E-state index contributed by atoms with van der Waals surface area (Å²) in [6, 6.07) is 3.86. The van der Waals surface area contributed by atoms with E-state index in [0.29, 0.717) is 0 Å². The Kier molecular flexibility index (Phi) is 2.67. The zero-order valence-electron chi connectivity index (χ0n) is 7.37. The number of rotatable bonds is 1. The van der Waals surface area contributed by atoms with Gasteiger partial charge in [0.15, 0.2) is 0 Å². The van der Waals surface area contributed by atoms with Crippen LogP contribution in [-0.2, 0) is 4.74 Å². The summed E-state index contributed by atoms with van der Waals surface area (Å²) in [5.74, 6) is -1.57. The van der Waals surface area contributed by atoms with Crippen molar-refractivity contribution in [1.82, 2.24) is 0 Å². The average molecular weight is 194 g/mol. The molecule has 0 unspecified atom stereocenters. The van der Waals surface area contributed by atoms with Gasteiger partial charge in [0.2, 0.25) is 0 Å². The first kappa shape index (κ1) is 9.99. The van der Waals surface area contributed by atoms with Gasteiger partial charge in [0, 0.05) is 0 Å². The fourth-order valence-corrected chi connectivity index (χ4v) is 0.961. The molecule has 1 aromatic rings. The molecule has 0 aliphatic heterocycles. The quantitative estimate of drug-likeness (QED) is 0.535. The average Bonchev–Trinajstić information content (AvgIpc) is 2.20. The zero-order chi connectivity index (χ0) is 10.7. The molecule has 2 N–H and O–H groups in total. The zero-order valence-corrected chi connectivity index (χ0v) is 7.37. The van der Waals surface area contributed by atoms with E-state index in [-0.39, 0.29) is 16.8 Å². The molecule has 1 rings (SSSR count). The molecule has 0 fully saturated rings. The molecule has 0 saturated carbocycles. The third-order valence-corrected chi connectivity index (χ3v) is 1.66. The molecular weight excluding hydrogens is 187 g/mol. The van der Waals surface area contributed by atoms with Crippen molar-refractivity contribution in [2.75, 3.05) is 12.8 Å². The molecule has 1 aromatic carbocycles. The van der Waals surface area contributed by atoms with Crippen LogP contribution in [0.4, 0.5) is 10.1 Å². The summed E-state index contributed by atoms with van der Waals surface area (Å²) in [6.45, 7) is 0. The molecule has 0 heterocycles. The smallest absolute Gasteiger partial charge is 0.340 e. The normalized spacial score (nSPS) is 9.21. The Balaban J connectivity index is 3.36. The highest BCUT2D eigenvalue weighted by atomic mass is 19.1. The number of hydrogen-bond acceptors (Lipinski definition) is 4. The second-order valence-electron chi connectivity index (χ2n) is 2.52. The Morgan fingerprint density at radius 3 is 2.79 bits per heavy atom. The number of anilines is 1. The van der Waals surface area contributed by atoms with E-state index >= 15 is 0 Å². The lowest BCUT2D eigenvalue weighted by Gasteiger charge is -2.04. The predicted molar refractivity (Wildman–Crippen MR) is 46.9 cm³/mol. The van der Waals surface area contributed by atoms with Crippen molar-refractivity contribution >= 4 is 11.7 Å². The van der Waals surface area contributed by atoms with Gasteiger partial charge in [0.05, 0.1) is 30.0 Å². The molecule has 0 radical (unpaired) electrons. The van der Waals surface area contributed by atoms with Crippen LogP contribution in [0.2, 0.25) is 0 Å². The van der Waals surface area contributed by atoms with Crippen molar-refractivity contribution in [3.63, 3.8) is 0 Å². The van der Waals surface area contributed by atoms with Crippen LogP contribution in [0.5, 0.6) is 0 Å². The van der Waals surface area contributed by atoms with Crippen LogP contribution in [0, 0.1) is 17.1 Å². The van der Waals surface area contributed by atoms with Crippen LogP contribution in [-0.4, -0.2) is 13.1 Å². The monoisotopic (exact) mass is 194 g/mol. The van der Waals surface area contributed by atoms with E-state index in [1.54, 1.807) is 6.07 Å². The second kappa shape index (κ2) is 3.75. The molecular formula is C9H7FN2O2. The maximum atomic E-state index is 13.0. The third-order valence-electron chi connectivity index (χ3n) is 1.66. The molecule has 0 atom stereocenters. The number of methoxy groups -OCH3 is 1. The van der Waals surface area contributed by atoms with Gasteiger partial charge in [0.25, 0.3) is 0 Å². The number of carbonyl (C=O) groups excluding carboxylic acids is 1. The topological polar surface area (TPSA) is 76.1 Å². The van der Waals surface area contributed by atoms with E-state index in [9.17, 15) is 9.18 Å². The van der Waals surface area contributed by atoms with Crippen LogP contribution < -0.4 is 5.73 Å². The van der Waals surface area contributed by atoms with E-state index in [1.165, 1.54) is 6.07 Å². The highest BCUT2D eigenvalue weighted by Crippen LogP contribution is 2.19. The van der Waals surface area contributed by atoms with Gasteiger partial charge >= 0.3 is 5.97 Å². The number of benzene rings is 1. The van der Waals surface area contributed by atoms with Gasteiger partial charge in [-0.3, -0.25) is 0 Å². The van der Waals surface area contributed by atoms with Crippen LogP contribution >= 0.6 is 0 Å². The summed E-state index contributed by atoms with van der Waals surface area (Å²) in [4.78, 5) is 11.1. The van der Waals surface area contributed by atoms with E-state index in [1.807, 2.05) is 0 Å². The lowest BCUT2D eigenvalue weighted by molar-refractivity contribution is 0.0601. The van der Waals surface area contributed by atoms with Crippen molar-refractivity contribution in [2.24, 2.45) is 0 Å². The van der Waals surface area contributed by atoms with Crippen molar-refractivity contribution in [3.05, 3.63) is 29.1 Å². The lowest BCUT2D eigenvalue weighted by Crippen LogP contribution is -2.07. The van der Waals surface area contributed by atoms with Gasteiger partial charge in [-0.25, -0.2) is 9.18 Å². The fraction of sp³-hybridized carbons (Fsp3) is 0.111. The van der Waals surface area contributed by atoms with Gasteiger partial charge in [-0.2, -0.15) is 5.26 Å². The molecule has 4 nitrogen and oxygen atoms in total. The molecule has 0 saturated heterocycles. The van der Waals surface area contributed by atoms with Crippen LogP contribution in [0.1, 0.15) is 15.9 Å². The first-order valence-corrected chi connectivity index (χ1v) is 3.67. The Morgan fingerprint density at radius 2 is 2.29 bits per heavy atom. The molecule has 0 aliphatic rings. The van der Waals surface area contributed by atoms with Gasteiger partial charge in [-0.15, -0.1) is 0 Å². The number of ether oxygens (including phenoxy) is 1. The number of nitriles is 1. The molecule has 0 bridgehead atoms. The third kappa shape index (κ3) is 1.64. The maximum Gasteiger partial charge on any atom is 0.340 e. The summed E-state index contributed by atoms with van der Waals surface area (Å²) in [6.07, 6.45) is 0. The standard InChI is InChI=1S/C9H7FN2O2/c1-14-9(13)6-2-5(4-11)3-7(10)8(6)12/h2-3H,12H2,1H3. The van der Waals surface area contributed by atoms with Crippen molar-refractivity contribution in [2.45, 2.75) is 0 Å². The first-order valence-electron chi connectivity index (χ1n) is 3.67. The molecule has 72 valence electrons. The largest absolute Gasteiger partial charge is 0.465 e. The number of hydrogen-bond donors (Lipinski definition) is 1. The minimum Gasteiger partial charge on any atom is -0.465 e. The van der Waals surface area contributed by atoms with Gasteiger partial charge < -0.3 is 10.5 Å². The number of nitrogen functional groups attached to an aromatic ring is 1. The molecule has 14 heavy (non-hydrogen) atoms. The molecule has 0 aromatic heterocycles. The summed E-state index contributed by atoms with van der Waals surface area (Å²) < 4.78 is 17.4. The van der Waals surface area contributed by atoms with Crippen LogP contribution in [0.25, 0.3) is 0 Å². The van der Waals surface area contributed by atoms with Crippen LogP contribution in [0.3, 0.4) is 0 Å². The minimum absolute atomic E-state index is 0.0251. The fourth-order valence-electron chi connectivity index (χ4n) is 0.961. The van der Waals surface area contributed by atoms with E-state index in [4.69, 9.17) is 11.0 Å². The van der Waals surface area contributed by atoms with E-state index in [2.05, 4.69) is 4.74 Å². The van der Waals surface area contributed by atoms with Crippen molar-refractivity contribution in [1.29, 1.82) is 5.26 Å². The van der Waals surface area contributed by atoms with Crippen molar-refractivity contribution in [3.8, 4) is 6.07 Å². The Hall–Kier alpha value is -2.09. The molecule has 0 spiro atoms. The van der Waals surface area contributed by atoms with E-state index < -0.39 is 11.8 Å². The van der Waals surface area contributed by atoms with Gasteiger partial charge in [-0.1, -0.05) is 0 Å². The number of esters is 1. The Labute approximate surface area is 79.7 Å². The summed E-state index contributed by atoms with van der Waals surface area (Å²) in [5, 5.41) is 8.52. The number of nitrogens with two attached hydrogens (primary N) is 1. The minimum atomic E-state index is -0.801. The number of nitrogens with zero attached hydrogens (tertiary/aromatic N) is 1. The Bertz CT molecular complexity index is 424.